The maximum atomic E-state index is 14.3. The van der Waals surface area contributed by atoms with Crippen molar-refractivity contribution in [2.24, 2.45) is 0 Å². The zero-order valence-corrected chi connectivity index (χ0v) is 16.3. The van der Waals surface area contributed by atoms with Crippen molar-refractivity contribution >= 4 is 11.8 Å². The standard InChI is InChI=1S/C21H20F2N4O3/c1-12(2)26-27-20(29)18(15-9-8-14(22)10-16(15)23)25-19(28)17-11-30-21(24-17)13-6-4-3-5-7-13/h3-12,18,26H,1-2H3,(H,25,28)(H,27,29). The first-order chi connectivity index (χ1) is 14.3. The number of amides is 2. The lowest BCUT2D eigenvalue weighted by molar-refractivity contribution is -0.124. The molecule has 2 aromatic carbocycles. The van der Waals surface area contributed by atoms with Crippen molar-refractivity contribution in [2.45, 2.75) is 25.9 Å². The number of hydrogen-bond donors (Lipinski definition) is 3. The zero-order valence-electron chi connectivity index (χ0n) is 16.3. The molecule has 0 aliphatic rings. The van der Waals surface area contributed by atoms with E-state index in [9.17, 15) is 18.4 Å². The predicted molar refractivity (Wildman–Crippen MR) is 105 cm³/mol. The van der Waals surface area contributed by atoms with E-state index in [0.29, 0.717) is 11.6 Å². The summed E-state index contributed by atoms with van der Waals surface area (Å²) in [6.45, 7) is 3.57. The maximum Gasteiger partial charge on any atom is 0.274 e. The number of halogens is 2. The van der Waals surface area contributed by atoms with Gasteiger partial charge in [-0.05, 0) is 32.0 Å². The third kappa shape index (κ3) is 5.06. The van der Waals surface area contributed by atoms with Crippen LogP contribution in [0.5, 0.6) is 0 Å². The Morgan fingerprint density at radius 1 is 1.07 bits per heavy atom. The number of hydrogen-bond acceptors (Lipinski definition) is 5. The van der Waals surface area contributed by atoms with Gasteiger partial charge in [0, 0.05) is 23.2 Å². The highest BCUT2D eigenvalue weighted by Gasteiger charge is 2.27. The summed E-state index contributed by atoms with van der Waals surface area (Å²) in [7, 11) is 0. The zero-order chi connectivity index (χ0) is 21.7. The molecule has 3 aromatic rings. The summed E-state index contributed by atoms with van der Waals surface area (Å²) in [5, 5.41) is 2.42. The highest BCUT2D eigenvalue weighted by atomic mass is 19.1. The van der Waals surface area contributed by atoms with Crippen LogP contribution in [-0.2, 0) is 4.79 Å². The molecule has 3 N–H and O–H groups in total. The second-order valence-corrected chi connectivity index (χ2v) is 6.76. The van der Waals surface area contributed by atoms with Gasteiger partial charge in [0.2, 0.25) is 5.89 Å². The van der Waals surface area contributed by atoms with Gasteiger partial charge in [0.1, 0.15) is 23.9 Å². The molecular weight excluding hydrogens is 394 g/mol. The Kier molecular flexibility index (Phi) is 6.53. The van der Waals surface area contributed by atoms with E-state index in [1.807, 2.05) is 6.07 Å². The molecule has 1 aromatic heterocycles. The molecule has 9 heteroatoms. The van der Waals surface area contributed by atoms with Crippen molar-refractivity contribution in [3.8, 4) is 11.5 Å². The number of oxazole rings is 1. The Bertz CT molecular complexity index is 1040. The highest BCUT2D eigenvalue weighted by Crippen LogP contribution is 2.21. The summed E-state index contributed by atoms with van der Waals surface area (Å²) >= 11 is 0. The molecule has 1 unspecified atom stereocenters. The molecular formula is C21H20F2N4O3. The molecule has 0 aliphatic carbocycles. The molecule has 0 aliphatic heterocycles. The van der Waals surface area contributed by atoms with Crippen LogP contribution < -0.4 is 16.2 Å². The third-order valence-electron chi connectivity index (χ3n) is 4.05. The van der Waals surface area contributed by atoms with E-state index in [4.69, 9.17) is 4.42 Å². The molecule has 0 bridgehead atoms. The van der Waals surface area contributed by atoms with Gasteiger partial charge >= 0.3 is 0 Å². The van der Waals surface area contributed by atoms with E-state index < -0.39 is 29.5 Å². The van der Waals surface area contributed by atoms with Crippen LogP contribution in [-0.4, -0.2) is 22.8 Å². The third-order valence-corrected chi connectivity index (χ3v) is 4.05. The Hall–Kier alpha value is -3.59. The van der Waals surface area contributed by atoms with Crippen LogP contribution in [0.2, 0.25) is 0 Å². The number of carbonyl (C=O) groups is 2. The van der Waals surface area contributed by atoms with E-state index in [2.05, 4.69) is 21.2 Å². The highest BCUT2D eigenvalue weighted by molar-refractivity contribution is 5.96. The molecule has 30 heavy (non-hydrogen) atoms. The topological polar surface area (TPSA) is 96.3 Å². The summed E-state index contributed by atoms with van der Waals surface area (Å²) in [6, 6.07) is 10.1. The summed E-state index contributed by atoms with van der Waals surface area (Å²) in [6.07, 6.45) is 1.14. The first kappa shape index (κ1) is 21.1. The lowest BCUT2D eigenvalue weighted by atomic mass is 10.1. The maximum absolute atomic E-state index is 14.3. The minimum absolute atomic E-state index is 0.0917. The van der Waals surface area contributed by atoms with Crippen molar-refractivity contribution < 1.29 is 22.8 Å². The number of aromatic nitrogens is 1. The number of nitrogens with zero attached hydrogens (tertiary/aromatic N) is 1. The van der Waals surface area contributed by atoms with Gasteiger partial charge in [0.15, 0.2) is 5.69 Å². The lowest BCUT2D eigenvalue weighted by Gasteiger charge is -2.20. The van der Waals surface area contributed by atoms with Crippen LogP contribution in [0.3, 0.4) is 0 Å². The number of carbonyl (C=O) groups excluding carboxylic acids is 2. The second kappa shape index (κ2) is 9.27. The van der Waals surface area contributed by atoms with E-state index in [1.165, 1.54) is 0 Å². The van der Waals surface area contributed by atoms with E-state index in [-0.39, 0.29) is 23.2 Å². The molecule has 0 fully saturated rings. The molecule has 0 saturated heterocycles. The van der Waals surface area contributed by atoms with Gasteiger partial charge in [-0.15, -0.1) is 0 Å². The van der Waals surface area contributed by atoms with Gasteiger partial charge in [-0.3, -0.25) is 15.0 Å². The number of rotatable bonds is 7. The molecule has 7 nitrogen and oxygen atoms in total. The molecule has 2 amide bonds. The Balaban J connectivity index is 1.84. The fourth-order valence-electron chi connectivity index (χ4n) is 2.60. The van der Waals surface area contributed by atoms with E-state index in [1.54, 1.807) is 38.1 Å². The van der Waals surface area contributed by atoms with Crippen LogP contribution in [0.15, 0.2) is 59.2 Å². The first-order valence-corrected chi connectivity index (χ1v) is 9.17. The summed E-state index contributed by atoms with van der Waals surface area (Å²) in [5.41, 5.74) is 5.46. The minimum atomic E-state index is -1.43. The SMILES string of the molecule is CC(C)NNC(=O)C(NC(=O)c1coc(-c2ccccc2)n1)c1ccc(F)cc1F. The summed E-state index contributed by atoms with van der Waals surface area (Å²) in [5.74, 6) is -3.03. The van der Waals surface area contributed by atoms with Gasteiger partial charge in [-0.1, -0.05) is 24.3 Å². The van der Waals surface area contributed by atoms with E-state index >= 15 is 0 Å². The van der Waals surface area contributed by atoms with Crippen molar-refractivity contribution in [1.29, 1.82) is 0 Å². The normalized spacial score (nSPS) is 11.9. The molecule has 0 saturated carbocycles. The summed E-state index contributed by atoms with van der Waals surface area (Å²) < 4.78 is 32.9. The second-order valence-electron chi connectivity index (χ2n) is 6.76. The van der Waals surface area contributed by atoms with E-state index in [0.717, 1.165) is 18.4 Å². The molecule has 0 spiro atoms. The number of nitrogens with one attached hydrogen (secondary N) is 3. The lowest BCUT2D eigenvalue weighted by Crippen LogP contribution is -2.48. The van der Waals surface area contributed by atoms with Gasteiger partial charge < -0.3 is 9.73 Å². The Morgan fingerprint density at radius 3 is 2.47 bits per heavy atom. The fraction of sp³-hybridized carbons (Fsp3) is 0.190. The monoisotopic (exact) mass is 414 g/mol. The largest absolute Gasteiger partial charge is 0.444 e. The summed E-state index contributed by atoms with van der Waals surface area (Å²) in [4.78, 5) is 29.4. The van der Waals surface area contributed by atoms with Gasteiger partial charge in [0.25, 0.3) is 11.8 Å². The Morgan fingerprint density at radius 2 is 1.80 bits per heavy atom. The predicted octanol–water partition coefficient (Wildman–Crippen LogP) is 3.12. The van der Waals surface area contributed by atoms with Crippen molar-refractivity contribution in [3.63, 3.8) is 0 Å². The average Bonchev–Trinajstić information content (AvgIpc) is 3.22. The van der Waals surface area contributed by atoms with Crippen molar-refractivity contribution in [3.05, 3.63) is 77.7 Å². The van der Waals surface area contributed by atoms with Crippen LogP contribution >= 0.6 is 0 Å². The van der Waals surface area contributed by atoms with Crippen LogP contribution in [0.1, 0.15) is 35.9 Å². The number of hydrazine groups is 1. The number of benzene rings is 2. The molecule has 0 radical (unpaired) electrons. The first-order valence-electron chi connectivity index (χ1n) is 9.17. The van der Waals surface area contributed by atoms with Crippen LogP contribution in [0.25, 0.3) is 11.5 Å². The molecule has 1 heterocycles. The molecule has 1 atom stereocenters. The Labute approximate surface area is 171 Å². The smallest absolute Gasteiger partial charge is 0.274 e. The van der Waals surface area contributed by atoms with Crippen molar-refractivity contribution in [1.82, 2.24) is 21.2 Å². The van der Waals surface area contributed by atoms with Gasteiger partial charge in [-0.25, -0.2) is 19.2 Å². The fourth-order valence-corrected chi connectivity index (χ4v) is 2.60. The molecule has 156 valence electrons. The molecule has 3 rings (SSSR count). The van der Waals surface area contributed by atoms with Crippen molar-refractivity contribution in [2.75, 3.05) is 0 Å². The van der Waals surface area contributed by atoms with Gasteiger partial charge in [-0.2, -0.15) is 0 Å². The van der Waals surface area contributed by atoms with Gasteiger partial charge in [0.05, 0.1) is 0 Å². The van der Waals surface area contributed by atoms with Crippen LogP contribution in [0, 0.1) is 11.6 Å². The van der Waals surface area contributed by atoms with Crippen LogP contribution in [0.4, 0.5) is 8.78 Å². The quantitative estimate of drug-likeness (QED) is 0.516. The minimum Gasteiger partial charge on any atom is -0.444 e. The average molecular weight is 414 g/mol.